The van der Waals surface area contributed by atoms with Gasteiger partial charge in [0.05, 0.1) is 11.4 Å². The van der Waals surface area contributed by atoms with E-state index in [1.807, 2.05) is 66.5 Å². The molecule has 4 aromatic rings. The third kappa shape index (κ3) is 3.70. The highest BCUT2D eigenvalue weighted by atomic mass is 19.1. The predicted octanol–water partition coefficient (Wildman–Crippen LogP) is 4.08. The van der Waals surface area contributed by atoms with Crippen LogP contribution in [0.25, 0.3) is 22.3 Å². The average molecular weight is 418 g/mol. The van der Waals surface area contributed by atoms with Gasteiger partial charge in [-0.2, -0.15) is 5.10 Å². The van der Waals surface area contributed by atoms with E-state index in [-0.39, 0.29) is 6.04 Å². The fourth-order valence-electron chi connectivity index (χ4n) is 4.05. The van der Waals surface area contributed by atoms with Crippen LogP contribution >= 0.6 is 0 Å². The number of ether oxygens (including phenoxy) is 1. The van der Waals surface area contributed by atoms with E-state index in [0.717, 1.165) is 17.9 Å². The van der Waals surface area contributed by atoms with Crippen LogP contribution in [0.3, 0.4) is 0 Å². The SMILES string of the molecule is CN1CC[C@H](n2nc(-c3ccc(Oc4ccccc4)cc3)c3c(N)ncnc32)[C@H](F)C1. The molecule has 0 saturated carbocycles. The van der Waals surface area contributed by atoms with Crippen LogP contribution in [-0.2, 0) is 0 Å². The van der Waals surface area contributed by atoms with Crippen LogP contribution in [0.5, 0.6) is 11.5 Å². The molecule has 0 amide bonds. The zero-order valence-electron chi connectivity index (χ0n) is 17.1. The molecule has 0 bridgehead atoms. The lowest BCUT2D eigenvalue weighted by Crippen LogP contribution is -2.40. The number of piperidine rings is 1. The summed E-state index contributed by atoms with van der Waals surface area (Å²) < 4.78 is 22.5. The largest absolute Gasteiger partial charge is 0.457 e. The van der Waals surface area contributed by atoms with E-state index in [9.17, 15) is 4.39 Å². The molecule has 5 rings (SSSR count). The Hall–Kier alpha value is -3.52. The van der Waals surface area contributed by atoms with Gasteiger partial charge in [-0.15, -0.1) is 0 Å². The van der Waals surface area contributed by atoms with Gasteiger partial charge in [-0.3, -0.25) is 0 Å². The molecular weight excluding hydrogens is 395 g/mol. The minimum absolute atomic E-state index is 0.333. The van der Waals surface area contributed by atoms with Crippen molar-refractivity contribution < 1.29 is 9.13 Å². The van der Waals surface area contributed by atoms with E-state index in [4.69, 9.17) is 15.6 Å². The van der Waals surface area contributed by atoms with E-state index in [1.165, 1.54) is 6.33 Å². The molecule has 0 aliphatic carbocycles. The molecule has 1 fully saturated rings. The lowest BCUT2D eigenvalue weighted by atomic mass is 10.0. The fraction of sp³-hybridized carbons (Fsp3) is 0.261. The maximum atomic E-state index is 14.9. The van der Waals surface area contributed by atoms with Crippen LogP contribution in [0.2, 0.25) is 0 Å². The quantitative estimate of drug-likeness (QED) is 0.538. The number of fused-ring (bicyclic) bond motifs is 1. The molecule has 2 aromatic carbocycles. The maximum Gasteiger partial charge on any atom is 0.164 e. The summed E-state index contributed by atoms with van der Waals surface area (Å²) in [5.74, 6) is 1.81. The Kier molecular flexibility index (Phi) is 4.99. The van der Waals surface area contributed by atoms with Gasteiger partial charge in [-0.1, -0.05) is 18.2 Å². The molecule has 1 saturated heterocycles. The van der Waals surface area contributed by atoms with Crippen molar-refractivity contribution in [2.24, 2.45) is 0 Å². The normalized spacial score (nSPS) is 19.5. The number of nitrogen functional groups attached to an aromatic ring is 1. The number of rotatable bonds is 4. The zero-order chi connectivity index (χ0) is 21.4. The summed E-state index contributed by atoms with van der Waals surface area (Å²) in [4.78, 5) is 10.5. The third-order valence-corrected chi connectivity index (χ3v) is 5.65. The van der Waals surface area contributed by atoms with Gasteiger partial charge in [0, 0.05) is 18.7 Å². The number of alkyl halides is 1. The molecule has 3 heterocycles. The smallest absolute Gasteiger partial charge is 0.164 e. The number of nitrogens with zero attached hydrogens (tertiary/aromatic N) is 5. The molecule has 0 radical (unpaired) electrons. The molecule has 7 nitrogen and oxygen atoms in total. The fourth-order valence-corrected chi connectivity index (χ4v) is 4.05. The van der Waals surface area contributed by atoms with E-state index in [1.54, 1.807) is 4.68 Å². The number of para-hydroxylation sites is 1. The Morgan fingerprint density at radius 1 is 1.03 bits per heavy atom. The first kappa shape index (κ1) is 19.4. The number of nitrogens with two attached hydrogens (primary N) is 1. The number of anilines is 1. The highest BCUT2D eigenvalue weighted by Crippen LogP contribution is 2.35. The van der Waals surface area contributed by atoms with Crippen molar-refractivity contribution in [3.05, 3.63) is 60.9 Å². The summed E-state index contributed by atoms with van der Waals surface area (Å²) >= 11 is 0. The highest BCUT2D eigenvalue weighted by Gasteiger charge is 2.32. The molecule has 1 aliphatic heterocycles. The molecule has 0 unspecified atom stereocenters. The Balaban J connectivity index is 1.53. The summed E-state index contributed by atoms with van der Waals surface area (Å²) in [6.45, 7) is 1.17. The second-order valence-corrected chi connectivity index (χ2v) is 7.82. The van der Waals surface area contributed by atoms with Crippen LogP contribution in [0.4, 0.5) is 10.2 Å². The summed E-state index contributed by atoms with van der Waals surface area (Å²) in [5, 5.41) is 5.41. The lowest BCUT2D eigenvalue weighted by Gasteiger charge is -2.32. The molecule has 2 aromatic heterocycles. The van der Waals surface area contributed by atoms with Crippen molar-refractivity contribution in [3.8, 4) is 22.8 Å². The number of hydrogen-bond acceptors (Lipinski definition) is 6. The second-order valence-electron chi connectivity index (χ2n) is 7.82. The summed E-state index contributed by atoms with van der Waals surface area (Å²) in [6.07, 6.45) is 1.02. The van der Waals surface area contributed by atoms with Crippen molar-refractivity contribution in [2.75, 3.05) is 25.9 Å². The molecule has 158 valence electrons. The van der Waals surface area contributed by atoms with Gasteiger partial charge in [0.15, 0.2) is 5.65 Å². The Labute approximate surface area is 179 Å². The van der Waals surface area contributed by atoms with Gasteiger partial charge in [-0.25, -0.2) is 19.0 Å². The Morgan fingerprint density at radius 2 is 1.77 bits per heavy atom. The maximum absolute atomic E-state index is 14.9. The monoisotopic (exact) mass is 418 g/mol. The molecule has 31 heavy (non-hydrogen) atoms. The summed E-state index contributed by atoms with van der Waals surface area (Å²) in [6, 6.07) is 16.8. The number of benzene rings is 2. The van der Waals surface area contributed by atoms with Crippen LogP contribution in [-0.4, -0.2) is 51.0 Å². The van der Waals surface area contributed by atoms with Gasteiger partial charge in [0.2, 0.25) is 0 Å². The van der Waals surface area contributed by atoms with Crippen molar-refractivity contribution in [1.29, 1.82) is 0 Å². The Morgan fingerprint density at radius 3 is 2.52 bits per heavy atom. The van der Waals surface area contributed by atoms with Crippen molar-refractivity contribution >= 4 is 16.9 Å². The predicted molar refractivity (Wildman–Crippen MR) is 118 cm³/mol. The first-order valence-electron chi connectivity index (χ1n) is 10.2. The Bertz CT molecular complexity index is 1190. The van der Waals surface area contributed by atoms with E-state index in [0.29, 0.717) is 41.3 Å². The highest BCUT2D eigenvalue weighted by molar-refractivity contribution is 5.98. The second kappa shape index (κ2) is 7.96. The molecular formula is C23H23FN6O. The van der Waals surface area contributed by atoms with Crippen molar-refractivity contribution in [2.45, 2.75) is 18.6 Å². The number of hydrogen-bond donors (Lipinski definition) is 1. The number of halogens is 1. The molecule has 2 N–H and O–H groups in total. The summed E-state index contributed by atoms with van der Waals surface area (Å²) in [7, 11) is 1.93. The van der Waals surface area contributed by atoms with E-state index >= 15 is 0 Å². The first-order valence-corrected chi connectivity index (χ1v) is 10.2. The van der Waals surface area contributed by atoms with E-state index in [2.05, 4.69) is 9.97 Å². The number of likely N-dealkylation sites (tertiary alicyclic amines) is 1. The van der Waals surface area contributed by atoms with Crippen LogP contribution in [0.1, 0.15) is 12.5 Å². The van der Waals surface area contributed by atoms with Gasteiger partial charge in [-0.05, 0) is 49.9 Å². The van der Waals surface area contributed by atoms with Crippen LogP contribution in [0.15, 0.2) is 60.9 Å². The summed E-state index contributed by atoms with van der Waals surface area (Å²) in [5.41, 5.74) is 8.24. The molecule has 2 atom stereocenters. The first-order chi connectivity index (χ1) is 15.1. The van der Waals surface area contributed by atoms with Gasteiger partial charge in [0.1, 0.15) is 35.5 Å². The minimum Gasteiger partial charge on any atom is -0.457 e. The van der Waals surface area contributed by atoms with Crippen LogP contribution < -0.4 is 10.5 Å². The van der Waals surface area contributed by atoms with Crippen molar-refractivity contribution in [3.63, 3.8) is 0 Å². The number of aromatic nitrogens is 4. The van der Waals surface area contributed by atoms with Gasteiger partial charge < -0.3 is 15.4 Å². The van der Waals surface area contributed by atoms with Gasteiger partial charge in [0.25, 0.3) is 0 Å². The third-order valence-electron chi connectivity index (χ3n) is 5.65. The van der Waals surface area contributed by atoms with Crippen molar-refractivity contribution in [1.82, 2.24) is 24.6 Å². The molecule has 8 heteroatoms. The van der Waals surface area contributed by atoms with Gasteiger partial charge >= 0.3 is 0 Å². The standard InChI is InChI=1S/C23H23FN6O/c1-29-12-11-19(18(24)13-29)30-23-20(22(25)26-14-27-23)21(28-30)15-7-9-17(10-8-15)31-16-5-3-2-4-6-16/h2-10,14,18-19H,11-13H2,1H3,(H2,25,26,27)/t18-,19+/m1/s1. The zero-order valence-corrected chi connectivity index (χ0v) is 17.1. The van der Waals surface area contributed by atoms with Crippen LogP contribution in [0, 0.1) is 0 Å². The average Bonchev–Trinajstić information content (AvgIpc) is 3.16. The van der Waals surface area contributed by atoms with E-state index < -0.39 is 6.17 Å². The molecule has 0 spiro atoms. The minimum atomic E-state index is -1.03. The molecule has 1 aliphatic rings. The topological polar surface area (TPSA) is 82.1 Å². The lowest BCUT2D eigenvalue weighted by molar-refractivity contribution is 0.103.